The molecule has 4 nitrogen and oxygen atoms in total. The Hall–Kier alpha value is -0.940. The number of hydrogen-bond donors (Lipinski definition) is 4. The summed E-state index contributed by atoms with van der Waals surface area (Å²) >= 11 is 0. The molecule has 0 unspecified atom stereocenters. The highest BCUT2D eigenvalue weighted by atomic mass is 16.4. The molecular weight excluding hydrogens is 412 g/mol. The third kappa shape index (κ3) is 3.80. The lowest BCUT2D eigenvalue weighted by atomic mass is 9.44. The second kappa shape index (κ2) is 8.62. The van der Waals surface area contributed by atoms with Gasteiger partial charge in [0.05, 0.1) is 12.2 Å². The molecule has 11 atom stereocenters. The van der Waals surface area contributed by atoms with Crippen LogP contribution in [0.2, 0.25) is 0 Å². The zero-order valence-corrected chi connectivity index (χ0v) is 20.7. The van der Waals surface area contributed by atoms with Crippen molar-refractivity contribution >= 4 is 0 Å². The average molecular weight is 457 g/mol. The fourth-order valence-corrected chi connectivity index (χ4v) is 9.22. The van der Waals surface area contributed by atoms with Crippen LogP contribution in [-0.4, -0.2) is 38.7 Å². The first-order chi connectivity index (χ1) is 15.6. The Morgan fingerprint density at radius 3 is 2.21 bits per heavy atom. The molecule has 33 heavy (non-hydrogen) atoms. The van der Waals surface area contributed by atoms with E-state index in [1.54, 1.807) is 0 Å². The summed E-state index contributed by atoms with van der Waals surface area (Å²) in [5.41, 5.74) is 2.15. The molecule has 0 bridgehead atoms. The normalized spacial score (nSPS) is 45.4. The lowest BCUT2D eigenvalue weighted by Crippen LogP contribution is -2.55. The molecule has 0 spiro atoms. The number of aliphatic hydroxyl groups is 4. The van der Waals surface area contributed by atoms with Gasteiger partial charge in [-0.05, 0) is 111 Å². The maximum absolute atomic E-state index is 11.3. The topological polar surface area (TPSA) is 80.9 Å². The summed E-state index contributed by atoms with van der Waals surface area (Å²) in [5, 5.41) is 43.4. The van der Waals surface area contributed by atoms with Crippen molar-refractivity contribution < 1.29 is 20.4 Å². The molecular formula is C29H44O4. The van der Waals surface area contributed by atoms with E-state index < -0.39 is 18.3 Å². The Labute approximate surface area is 199 Å². The van der Waals surface area contributed by atoms with Crippen LogP contribution in [0.5, 0.6) is 0 Å². The maximum atomic E-state index is 11.3. The van der Waals surface area contributed by atoms with Gasteiger partial charge in [-0.2, -0.15) is 0 Å². The van der Waals surface area contributed by atoms with Crippen LogP contribution in [0, 0.1) is 47.3 Å². The van der Waals surface area contributed by atoms with E-state index >= 15 is 0 Å². The van der Waals surface area contributed by atoms with E-state index in [4.69, 9.17) is 0 Å². The van der Waals surface area contributed by atoms with Crippen molar-refractivity contribution in [3.63, 3.8) is 0 Å². The third-order valence-corrected chi connectivity index (χ3v) is 11.2. The van der Waals surface area contributed by atoms with Gasteiger partial charge >= 0.3 is 0 Å². The molecule has 0 heterocycles. The Balaban J connectivity index is 1.33. The van der Waals surface area contributed by atoms with Gasteiger partial charge in [-0.15, -0.1) is 0 Å². The van der Waals surface area contributed by atoms with Gasteiger partial charge in [0, 0.05) is 0 Å². The molecule has 4 heteroatoms. The summed E-state index contributed by atoms with van der Waals surface area (Å²) in [6.07, 6.45) is 6.63. The first-order valence-corrected chi connectivity index (χ1v) is 13.4. The summed E-state index contributed by atoms with van der Waals surface area (Å²) in [7, 11) is 0. The molecule has 0 aliphatic heterocycles. The van der Waals surface area contributed by atoms with E-state index in [0.29, 0.717) is 28.7 Å². The molecule has 184 valence electrons. The number of aryl methyl sites for hydroxylation is 1. The summed E-state index contributed by atoms with van der Waals surface area (Å²) < 4.78 is 0. The van der Waals surface area contributed by atoms with Gasteiger partial charge in [0.15, 0.2) is 0 Å². The number of fused-ring (bicyclic) bond motifs is 5. The Morgan fingerprint density at radius 2 is 1.48 bits per heavy atom. The van der Waals surface area contributed by atoms with Crippen LogP contribution >= 0.6 is 0 Å². The maximum Gasteiger partial charge on any atom is 0.110 e. The molecule has 4 aliphatic rings. The number of hydrogen-bond acceptors (Lipinski definition) is 4. The Bertz CT molecular complexity index is 839. The fraction of sp³-hybridized carbons (Fsp3) is 0.793. The van der Waals surface area contributed by atoms with Crippen LogP contribution in [0.4, 0.5) is 0 Å². The van der Waals surface area contributed by atoms with Crippen LogP contribution in [0.1, 0.15) is 88.9 Å². The molecule has 4 N–H and O–H groups in total. The zero-order valence-electron chi connectivity index (χ0n) is 20.7. The zero-order chi connectivity index (χ0) is 23.5. The second-order valence-electron chi connectivity index (χ2n) is 12.7. The van der Waals surface area contributed by atoms with Crippen LogP contribution in [0.3, 0.4) is 0 Å². The molecule has 5 rings (SSSR count). The largest absolute Gasteiger partial charge is 0.393 e. The molecule has 0 aromatic heterocycles. The van der Waals surface area contributed by atoms with Gasteiger partial charge in [0.1, 0.15) is 12.2 Å². The van der Waals surface area contributed by atoms with Crippen molar-refractivity contribution in [1.29, 1.82) is 0 Å². The van der Waals surface area contributed by atoms with Gasteiger partial charge in [-0.25, -0.2) is 0 Å². The van der Waals surface area contributed by atoms with Crippen LogP contribution in [-0.2, 0) is 0 Å². The molecule has 0 radical (unpaired) electrons. The van der Waals surface area contributed by atoms with E-state index in [9.17, 15) is 20.4 Å². The van der Waals surface area contributed by atoms with E-state index in [1.165, 1.54) is 19.3 Å². The molecule has 1 aromatic carbocycles. The van der Waals surface area contributed by atoms with Gasteiger partial charge < -0.3 is 20.4 Å². The van der Waals surface area contributed by atoms with E-state index in [2.05, 4.69) is 13.8 Å². The van der Waals surface area contributed by atoms with E-state index in [0.717, 1.165) is 50.0 Å². The quantitative estimate of drug-likeness (QED) is 0.526. The van der Waals surface area contributed by atoms with E-state index in [-0.39, 0.29) is 17.4 Å². The van der Waals surface area contributed by atoms with Crippen molar-refractivity contribution in [1.82, 2.24) is 0 Å². The first kappa shape index (κ1) is 23.8. The van der Waals surface area contributed by atoms with Gasteiger partial charge in [0.2, 0.25) is 0 Å². The van der Waals surface area contributed by atoms with Crippen LogP contribution in [0.15, 0.2) is 24.3 Å². The molecule has 4 fully saturated rings. The molecule has 4 saturated carbocycles. The van der Waals surface area contributed by atoms with E-state index in [1.807, 2.05) is 31.2 Å². The van der Waals surface area contributed by atoms with Crippen molar-refractivity contribution in [2.75, 3.05) is 0 Å². The minimum Gasteiger partial charge on any atom is -0.393 e. The first-order valence-electron chi connectivity index (χ1n) is 13.4. The van der Waals surface area contributed by atoms with Crippen molar-refractivity contribution in [3.05, 3.63) is 35.4 Å². The highest BCUT2D eigenvalue weighted by Gasteiger charge is 2.61. The minimum atomic E-state index is -1.17. The monoisotopic (exact) mass is 456 g/mol. The number of aliphatic hydroxyl groups excluding tert-OH is 4. The van der Waals surface area contributed by atoms with Gasteiger partial charge in [0.25, 0.3) is 0 Å². The minimum absolute atomic E-state index is 0.0198. The number of benzene rings is 1. The predicted octanol–water partition coefficient (Wildman–Crippen LogP) is 4.77. The average Bonchev–Trinajstić information content (AvgIpc) is 3.15. The number of rotatable bonds is 4. The lowest BCUT2D eigenvalue weighted by Gasteiger charge is -2.61. The van der Waals surface area contributed by atoms with Crippen LogP contribution < -0.4 is 0 Å². The Kier molecular flexibility index (Phi) is 6.21. The molecule has 0 saturated heterocycles. The lowest BCUT2D eigenvalue weighted by molar-refractivity contribution is -0.147. The predicted molar refractivity (Wildman–Crippen MR) is 129 cm³/mol. The highest BCUT2D eigenvalue weighted by Crippen LogP contribution is 2.68. The summed E-state index contributed by atoms with van der Waals surface area (Å²) in [5.74, 6) is 2.68. The van der Waals surface area contributed by atoms with Crippen LogP contribution in [0.25, 0.3) is 0 Å². The van der Waals surface area contributed by atoms with Gasteiger partial charge in [-0.1, -0.05) is 43.7 Å². The molecule has 4 aliphatic carbocycles. The summed E-state index contributed by atoms with van der Waals surface area (Å²) in [4.78, 5) is 0. The third-order valence-electron chi connectivity index (χ3n) is 11.2. The fourth-order valence-electron chi connectivity index (χ4n) is 9.22. The summed E-state index contributed by atoms with van der Waals surface area (Å²) in [6.45, 7) is 6.87. The SMILES string of the molecule is Cc1ccc([C@@H](O)[C@H](O)[C@@H](O)[C@H]2CC[C@H]3[C@@H]4CC[C@H]5C[C@@H](O)CC[C@]5(C)[C@H]4CC[C@]23C)cc1. The summed E-state index contributed by atoms with van der Waals surface area (Å²) in [6, 6.07) is 7.57. The van der Waals surface area contributed by atoms with Gasteiger partial charge in [-0.3, -0.25) is 0 Å². The van der Waals surface area contributed by atoms with Crippen molar-refractivity contribution in [3.8, 4) is 0 Å². The molecule has 1 aromatic rings. The second-order valence-corrected chi connectivity index (χ2v) is 12.7. The highest BCUT2D eigenvalue weighted by molar-refractivity contribution is 5.24. The standard InChI is InChI=1S/C29H44O4/c1-17-4-6-18(7-5-17)25(31)27(33)26(32)24-11-10-22-21-9-8-19-16-20(30)12-14-28(19,2)23(21)13-15-29(22,24)3/h4-7,19-27,30-33H,8-16H2,1-3H3/t19-,20-,21-,22-,23-,24+,25+,26-,27-,28-,29-/m0/s1. The van der Waals surface area contributed by atoms with Crippen molar-refractivity contribution in [2.45, 2.75) is 103 Å². The van der Waals surface area contributed by atoms with Crippen molar-refractivity contribution in [2.24, 2.45) is 40.4 Å². The Morgan fingerprint density at radius 1 is 0.818 bits per heavy atom. The molecule has 0 amide bonds. The smallest absolute Gasteiger partial charge is 0.110 e.